The van der Waals surface area contributed by atoms with E-state index in [2.05, 4.69) is 24.4 Å². The molecule has 1 unspecified atom stereocenters. The van der Waals surface area contributed by atoms with Crippen molar-refractivity contribution in [2.75, 3.05) is 0 Å². The zero-order valence-corrected chi connectivity index (χ0v) is 8.49. The molecule has 1 aromatic rings. The van der Waals surface area contributed by atoms with Crippen molar-refractivity contribution in [3.05, 3.63) is 47.7 Å². The van der Waals surface area contributed by atoms with E-state index in [1.807, 2.05) is 31.2 Å². The molecule has 0 radical (unpaired) electrons. The maximum atomic E-state index is 8.45. The summed E-state index contributed by atoms with van der Waals surface area (Å²) in [5, 5.41) is 11.7. The Labute approximate surface area is 84.9 Å². The van der Waals surface area contributed by atoms with Crippen molar-refractivity contribution in [3.63, 3.8) is 0 Å². The van der Waals surface area contributed by atoms with Crippen molar-refractivity contribution in [3.8, 4) is 6.07 Å². The van der Waals surface area contributed by atoms with Crippen molar-refractivity contribution in [2.24, 2.45) is 0 Å². The Balaban J connectivity index is 2.65. The predicted molar refractivity (Wildman–Crippen MR) is 57.4 cm³/mol. The van der Waals surface area contributed by atoms with Crippen LogP contribution in [0.25, 0.3) is 0 Å². The molecule has 2 nitrogen and oxygen atoms in total. The smallest absolute Gasteiger partial charge is 0.0930 e. The maximum Gasteiger partial charge on any atom is 0.0930 e. The van der Waals surface area contributed by atoms with Gasteiger partial charge in [-0.1, -0.05) is 30.3 Å². The van der Waals surface area contributed by atoms with Crippen LogP contribution in [0.3, 0.4) is 0 Å². The molecule has 2 heteroatoms. The number of nitriles is 1. The van der Waals surface area contributed by atoms with Gasteiger partial charge >= 0.3 is 0 Å². The summed E-state index contributed by atoms with van der Waals surface area (Å²) in [4.78, 5) is 0. The standard InChI is InChI=1S/C12H14N2/c1-10(8-9-13)14-11(2)12-6-4-3-5-7-12/h3-8,11,14H,1-2H3/b10-8-. The molecule has 1 N–H and O–H groups in total. The van der Waals surface area contributed by atoms with Crippen molar-refractivity contribution < 1.29 is 0 Å². The molecule has 0 bridgehead atoms. The van der Waals surface area contributed by atoms with E-state index in [4.69, 9.17) is 5.26 Å². The van der Waals surface area contributed by atoms with Crippen LogP contribution >= 0.6 is 0 Å². The SMILES string of the molecule is C/C(=C/C#N)NC(C)c1ccccc1. The fourth-order valence-corrected chi connectivity index (χ4v) is 1.31. The first-order valence-corrected chi connectivity index (χ1v) is 4.62. The van der Waals surface area contributed by atoms with Crippen molar-refractivity contribution in [1.82, 2.24) is 5.32 Å². The minimum absolute atomic E-state index is 0.237. The Morgan fingerprint density at radius 2 is 2.07 bits per heavy atom. The second-order valence-electron chi connectivity index (χ2n) is 3.23. The van der Waals surface area contributed by atoms with Crippen LogP contribution in [0.1, 0.15) is 25.5 Å². The molecule has 14 heavy (non-hydrogen) atoms. The third kappa shape index (κ3) is 2.95. The van der Waals surface area contributed by atoms with E-state index in [-0.39, 0.29) is 6.04 Å². The van der Waals surface area contributed by atoms with Gasteiger partial charge in [0.1, 0.15) is 0 Å². The molecule has 0 saturated carbocycles. The maximum absolute atomic E-state index is 8.45. The third-order valence-electron chi connectivity index (χ3n) is 2.02. The van der Waals surface area contributed by atoms with Gasteiger partial charge in [-0.2, -0.15) is 5.26 Å². The molecule has 0 spiro atoms. The van der Waals surface area contributed by atoms with Gasteiger partial charge < -0.3 is 5.32 Å². The lowest BCUT2D eigenvalue weighted by Crippen LogP contribution is -2.16. The number of benzene rings is 1. The molecule has 0 aromatic heterocycles. The average molecular weight is 186 g/mol. The molecule has 0 amide bonds. The van der Waals surface area contributed by atoms with Crippen molar-refractivity contribution in [2.45, 2.75) is 19.9 Å². The number of hydrogen-bond donors (Lipinski definition) is 1. The molecule has 1 atom stereocenters. The zero-order chi connectivity index (χ0) is 10.4. The highest BCUT2D eigenvalue weighted by molar-refractivity contribution is 5.20. The summed E-state index contributed by atoms with van der Waals surface area (Å²) in [6.07, 6.45) is 1.51. The summed E-state index contributed by atoms with van der Waals surface area (Å²) in [5.41, 5.74) is 2.11. The Kier molecular flexibility index (Phi) is 3.75. The molecule has 1 aromatic carbocycles. The van der Waals surface area contributed by atoms with Crippen molar-refractivity contribution in [1.29, 1.82) is 5.26 Å². The monoisotopic (exact) mass is 186 g/mol. The quantitative estimate of drug-likeness (QED) is 0.737. The number of nitrogens with one attached hydrogen (secondary N) is 1. The lowest BCUT2D eigenvalue weighted by molar-refractivity contribution is 0.654. The number of rotatable bonds is 3. The van der Waals surface area contributed by atoms with Gasteiger partial charge in [0.05, 0.1) is 6.07 Å². The summed E-state index contributed by atoms with van der Waals surface area (Å²) >= 11 is 0. The van der Waals surface area contributed by atoms with Crippen LogP contribution in [0.15, 0.2) is 42.1 Å². The summed E-state index contributed by atoms with van der Waals surface area (Å²) in [6.45, 7) is 3.96. The summed E-state index contributed by atoms with van der Waals surface area (Å²) in [6, 6.07) is 12.4. The zero-order valence-electron chi connectivity index (χ0n) is 8.49. The topological polar surface area (TPSA) is 35.8 Å². The Morgan fingerprint density at radius 3 is 2.64 bits per heavy atom. The first kappa shape index (κ1) is 10.3. The molecule has 72 valence electrons. The van der Waals surface area contributed by atoms with Gasteiger partial charge in [-0.3, -0.25) is 0 Å². The average Bonchev–Trinajstić information content (AvgIpc) is 2.19. The van der Waals surface area contributed by atoms with E-state index in [1.165, 1.54) is 11.6 Å². The van der Waals surface area contributed by atoms with E-state index in [1.54, 1.807) is 0 Å². The fourth-order valence-electron chi connectivity index (χ4n) is 1.31. The van der Waals surface area contributed by atoms with Gasteiger partial charge in [0.15, 0.2) is 0 Å². The van der Waals surface area contributed by atoms with Crippen LogP contribution in [0.2, 0.25) is 0 Å². The predicted octanol–water partition coefficient (Wildman–Crippen LogP) is 2.76. The highest BCUT2D eigenvalue weighted by Gasteiger charge is 2.02. The Bertz CT molecular complexity index is 346. The lowest BCUT2D eigenvalue weighted by atomic mass is 10.1. The number of nitrogens with zero attached hydrogens (tertiary/aromatic N) is 1. The molecule has 0 aliphatic carbocycles. The van der Waals surface area contributed by atoms with Crippen LogP contribution < -0.4 is 5.32 Å². The summed E-state index contributed by atoms with van der Waals surface area (Å²) in [5.74, 6) is 0. The Morgan fingerprint density at radius 1 is 1.43 bits per heavy atom. The van der Waals surface area contributed by atoms with Gasteiger partial charge in [-0.25, -0.2) is 0 Å². The molecular formula is C12H14N2. The Hall–Kier alpha value is -1.75. The molecule has 0 aliphatic heterocycles. The van der Waals surface area contributed by atoms with Crippen LogP contribution in [0.5, 0.6) is 0 Å². The highest BCUT2D eigenvalue weighted by atomic mass is 14.9. The van der Waals surface area contributed by atoms with Crippen molar-refractivity contribution >= 4 is 0 Å². The van der Waals surface area contributed by atoms with Gasteiger partial charge in [0.2, 0.25) is 0 Å². The first-order chi connectivity index (χ1) is 6.74. The van der Waals surface area contributed by atoms with E-state index in [9.17, 15) is 0 Å². The third-order valence-corrected chi connectivity index (χ3v) is 2.02. The summed E-state index contributed by atoms with van der Waals surface area (Å²) < 4.78 is 0. The van der Waals surface area contributed by atoms with Gasteiger partial charge in [0.25, 0.3) is 0 Å². The molecule has 0 saturated heterocycles. The van der Waals surface area contributed by atoms with Crippen LogP contribution in [0.4, 0.5) is 0 Å². The molecule has 0 fully saturated rings. The van der Waals surface area contributed by atoms with E-state index in [0.717, 1.165) is 5.70 Å². The van der Waals surface area contributed by atoms with Gasteiger partial charge in [-0.05, 0) is 19.4 Å². The largest absolute Gasteiger partial charge is 0.381 e. The summed E-state index contributed by atoms with van der Waals surface area (Å²) in [7, 11) is 0. The molecule has 0 heterocycles. The number of hydrogen-bond acceptors (Lipinski definition) is 2. The van der Waals surface area contributed by atoms with E-state index in [0.29, 0.717) is 0 Å². The molecule has 0 aliphatic rings. The number of allylic oxidation sites excluding steroid dienone is 2. The van der Waals surface area contributed by atoms with E-state index >= 15 is 0 Å². The second-order valence-corrected chi connectivity index (χ2v) is 3.23. The van der Waals surface area contributed by atoms with Crippen LogP contribution in [-0.4, -0.2) is 0 Å². The highest BCUT2D eigenvalue weighted by Crippen LogP contribution is 2.12. The normalized spacial score (nSPS) is 13.1. The molecule has 1 rings (SSSR count). The first-order valence-electron chi connectivity index (χ1n) is 4.62. The van der Waals surface area contributed by atoms with Gasteiger partial charge in [0, 0.05) is 17.8 Å². The van der Waals surface area contributed by atoms with Crippen LogP contribution in [0, 0.1) is 11.3 Å². The minimum Gasteiger partial charge on any atom is -0.381 e. The molecular weight excluding hydrogens is 172 g/mol. The van der Waals surface area contributed by atoms with Gasteiger partial charge in [-0.15, -0.1) is 0 Å². The minimum atomic E-state index is 0.237. The van der Waals surface area contributed by atoms with Crippen LogP contribution in [-0.2, 0) is 0 Å². The second kappa shape index (κ2) is 5.08. The fraction of sp³-hybridized carbons (Fsp3) is 0.250. The van der Waals surface area contributed by atoms with E-state index < -0.39 is 0 Å². The lowest BCUT2D eigenvalue weighted by Gasteiger charge is -2.15.